The van der Waals surface area contributed by atoms with Gasteiger partial charge in [-0.1, -0.05) is 30.3 Å². The normalized spacial score (nSPS) is 22.3. The standard InChI is InChI=1S/C22H23F3N2O2/c23-22(24,25)20-4-2-1-3-17(20)18-13-19(18)21(28)26-16-7-5-15(6-8-16)14-27-9-11-29-12-10-27/h1-8,18-19H,9-14H2,(H,26,28). The Hall–Kier alpha value is -2.38. The number of hydrogen-bond acceptors (Lipinski definition) is 3. The average molecular weight is 404 g/mol. The Morgan fingerprint density at radius 1 is 1.07 bits per heavy atom. The fourth-order valence-electron chi connectivity index (χ4n) is 3.85. The number of alkyl halides is 3. The lowest BCUT2D eigenvalue weighted by atomic mass is 10.0. The second kappa shape index (κ2) is 8.16. The molecule has 0 bridgehead atoms. The fraction of sp³-hybridized carbons (Fsp3) is 0.409. The van der Waals surface area contributed by atoms with E-state index in [0.29, 0.717) is 12.1 Å². The van der Waals surface area contributed by atoms with Crippen LogP contribution in [0.4, 0.5) is 18.9 Å². The SMILES string of the molecule is O=C(Nc1ccc(CN2CCOCC2)cc1)C1CC1c1ccccc1C(F)(F)F. The third kappa shape index (κ3) is 4.79. The molecule has 7 heteroatoms. The second-order valence-corrected chi connectivity index (χ2v) is 7.61. The molecule has 4 nitrogen and oxygen atoms in total. The van der Waals surface area contributed by atoms with Gasteiger partial charge in [-0.2, -0.15) is 13.2 Å². The highest BCUT2D eigenvalue weighted by Crippen LogP contribution is 2.51. The lowest BCUT2D eigenvalue weighted by molar-refractivity contribution is -0.138. The van der Waals surface area contributed by atoms with Crippen molar-refractivity contribution in [3.63, 3.8) is 0 Å². The summed E-state index contributed by atoms with van der Waals surface area (Å²) in [6.07, 6.45) is -3.97. The van der Waals surface area contributed by atoms with Gasteiger partial charge < -0.3 is 10.1 Å². The second-order valence-electron chi connectivity index (χ2n) is 7.61. The number of rotatable bonds is 5. The first-order valence-corrected chi connectivity index (χ1v) is 9.78. The summed E-state index contributed by atoms with van der Waals surface area (Å²) in [5, 5.41) is 2.84. The Morgan fingerprint density at radius 2 is 1.76 bits per heavy atom. The van der Waals surface area contributed by atoms with Gasteiger partial charge in [-0.05, 0) is 41.7 Å². The largest absolute Gasteiger partial charge is 0.416 e. The maximum Gasteiger partial charge on any atom is 0.416 e. The maximum absolute atomic E-state index is 13.2. The van der Waals surface area contributed by atoms with E-state index in [9.17, 15) is 18.0 Å². The molecule has 0 spiro atoms. The maximum atomic E-state index is 13.2. The molecule has 0 aromatic heterocycles. The first kappa shape index (κ1) is 19.9. The molecule has 1 N–H and O–H groups in total. The molecule has 2 atom stereocenters. The van der Waals surface area contributed by atoms with Crippen LogP contribution < -0.4 is 5.32 Å². The lowest BCUT2D eigenvalue weighted by Crippen LogP contribution is -2.35. The highest BCUT2D eigenvalue weighted by molar-refractivity contribution is 5.95. The molecule has 2 fully saturated rings. The van der Waals surface area contributed by atoms with Gasteiger partial charge in [0.1, 0.15) is 0 Å². The molecule has 29 heavy (non-hydrogen) atoms. The number of amides is 1. The van der Waals surface area contributed by atoms with Crippen molar-refractivity contribution in [3.8, 4) is 0 Å². The number of anilines is 1. The summed E-state index contributed by atoms with van der Waals surface area (Å²) in [5.74, 6) is -1.03. The number of carbonyl (C=O) groups is 1. The van der Waals surface area contributed by atoms with Gasteiger partial charge >= 0.3 is 6.18 Å². The smallest absolute Gasteiger partial charge is 0.379 e. The van der Waals surface area contributed by atoms with E-state index in [2.05, 4.69) is 10.2 Å². The van der Waals surface area contributed by atoms with Crippen molar-refractivity contribution < 1.29 is 22.7 Å². The third-order valence-electron chi connectivity index (χ3n) is 5.52. The van der Waals surface area contributed by atoms with Crippen molar-refractivity contribution >= 4 is 11.6 Å². The number of nitrogens with zero attached hydrogens (tertiary/aromatic N) is 1. The zero-order valence-corrected chi connectivity index (χ0v) is 15.9. The number of halogens is 3. The zero-order chi connectivity index (χ0) is 20.4. The van der Waals surface area contributed by atoms with Crippen molar-refractivity contribution in [1.82, 2.24) is 4.90 Å². The summed E-state index contributed by atoms with van der Waals surface area (Å²) in [7, 11) is 0. The molecule has 1 saturated carbocycles. The molecule has 2 aliphatic rings. The van der Waals surface area contributed by atoms with Crippen LogP contribution in [0.3, 0.4) is 0 Å². The van der Waals surface area contributed by atoms with Gasteiger partial charge in [0.2, 0.25) is 5.91 Å². The van der Waals surface area contributed by atoms with Gasteiger partial charge in [0, 0.05) is 31.2 Å². The molecule has 0 radical (unpaired) electrons. The van der Waals surface area contributed by atoms with Crippen LogP contribution in [0, 0.1) is 5.92 Å². The zero-order valence-electron chi connectivity index (χ0n) is 15.9. The molecular formula is C22H23F3N2O2. The van der Waals surface area contributed by atoms with Crippen LogP contribution in [-0.2, 0) is 22.3 Å². The van der Waals surface area contributed by atoms with Crippen molar-refractivity contribution in [2.75, 3.05) is 31.6 Å². The third-order valence-corrected chi connectivity index (χ3v) is 5.52. The van der Waals surface area contributed by atoms with Gasteiger partial charge in [-0.3, -0.25) is 9.69 Å². The van der Waals surface area contributed by atoms with Crippen molar-refractivity contribution in [1.29, 1.82) is 0 Å². The lowest BCUT2D eigenvalue weighted by Gasteiger charge is -2.26. The quantitative estimate of drug-likeness (QED) is 0.809. The van der Waals surface area contributed by atoms with E-state index < -0.39 is 17.7 Å². The minimum absolute atomic E-state index is 0.209. The molecule has 4 rings (SSSR count). The molecule has 1 saturated heterocycles. The van der Waals surface area contributed by atoms with Gasteiger partial charge in [-0.15, -0.1) is 0 Å². The Kier molecular flexibility index (Phi) is 5.61. The molecule has 2 aromatic carbocycles. The van der Waals surface area contributed by atoms with E-state index in [1.54, 1.807) is 6.07 Å². The van der Waals surface area contributed by atoms with Crippen LogP contribution in [0.5, 0.6) is 0 Å². The van der Waals surface area contributed by atoms with Crippen molar-refractivity contribution in [2.24, 2.45) is 5.92 Å². The molecule has 1 amide bonds. The van der Waals surface area contributed by atoms with Crippen LogP contribution in [-0.4, -0.2) is 37.1 Å². The Bertz CT molecular complexity index is 861. The predicted octanol–water partition coefficient (Wildman–Crippen LogP) is 4.28. The minimum Gasteiger partial charge on any atom is -0.379 e. The molecule has 154 valence electrons. The predicted molar refractivity (Wildman–Crippen MR) is 103 cm³/mol. The fourth-order valence-corrected chi connectivity index (χ4v) is 3.85. The van der Waals surface area contributed by atoms with E-state index >= 15 is 0 Å². The van der Waals surface area contributed by atoms with Gasteiger partial charge in [0.25, 0.3) is 0 Å². The van der Waals surface area contributed by atoms with E-state index in [1.165, 1.54) is 12.1 Å². The summed E-state index contributed by atoms with van der Waals surface area (Å²) in [4.78, 5) is 14.8. The van der Waals surface area contributed by atoms with E-state index in [4.69, 9.17) is 4.74 Å². The Balaban J connectivity index is 1.35. The topological polar surface area (TPSA) is 41.6 Å². The van der Waals surface area contributed by atoms with Crippen molar-refractivity contribution in [3.05, 3.63) is 65.2 Å². The van der Waals surface area contributed by atoms with Gasteiger partial charge in [0.05, 0.1) is 18.8 Å². The molecule has 1 heterocycles. The van der Waals surface area contributed by atoms with Gasteiger partial charge in [-0.25, -0.2) is 0 Å². The first-order valence-electron chi connectivity index (χ1n) is 9.78. The summed E-state index contributed by atoms with van der Waals surface area (Å²) in [5.41, 5.74) is 1.37. The summed E-state index contributed by atoms with van der Waals surface area (Å²) < 4.78 is 45.0. The summed E-state index contributed by atoms with van der Waals surface area (Å²) in [6, 6.07) is 13.1. The van der Waals surface area contributed by atoms with Gasteiger partial charge in [0.15, 0.2) is 0 Å². The average Bonchev–Trinajstić information content (AvgIpc) is 3.51. The first-order chi connectivity index (χ1) is 13.9. The van der Waals surface area contributed by atoms with E-state index in [-0.39, 0.29) is 17.4 Å². The number of nitrogens with one attached hydrogen (secondary N) is 1. The number of hydrogen-bond donors (Lipinski definition) is 1. The molecule has 1 aliphatic carbocycles. The van der Waals surface area contributed by atoms with Crippen molar-refractivity contribution in [2.45, 2.75) is 25.1 Å². The summed E-state index contributed by atoms with van der Waals surface area (Å²) >= 11 is 0. The minimum atomic E-state index is -4.41. The van der Waals surface area contributed by atoms with Crippen LogP contribution in [0.2, 0.25) is 0 Å². The van der Waals surface area contributed by atoms with Crippen LogP contribution in [0.25, 0.3) is 0 Å². The number of benzene rings is 2. The summed E-state index contributed by atoms with van der Waals surface area (Å²) in [6.45, 7) is 4.13. The number of morpholine rings is 1. The van der Waals surface area contributed by atoms with Crippen LogP contribution >= 0.6 is 0 Å². The Labute approximate surface area is 167 Å². The van der Waals surface area contributed by atoms with E-state index in [1.807, 2.05) is 24.3 Å². The van der Waals surface area contributed by atoms with Crippen LogP contribution in [0.1, 0.15) is 29.0 Å². The molecule has 1 aliphatic heterocycles. The number of ether oxygens (including phenoxy) is 1. The highest BCUT2D eigenvalue weighted by Gasteiger charge is 2.47. The highest BCUT2D eigenvalue weighted by atomic mass is 19.4. The molecule has 2 unspecified atom stereocenters. The number of carbonyl (C=O) groups excluding carboxylic acids is 1. The Morgan fingerprint density at radius 3 is 2.45 bits per heavy atom. The monoisotopic (exact) mass is 404 g/mol. The van der Waals surface area contributed by atoms with E-state index in [0.717, 1.165) is 44.5 Å². The molecular weight excluding hydrogens is 381 g/mol. The molecule has 2 aromatic rings. The van der Waals surface area contributed by atoms with Crippen LogP contribution in [0.15, 0.2) is 48.5 Å².